The maximum absolute atomic E-state index is 12.3. The molecule has 0 saturated heterocycles. The van der Waals surface area contributed by atoms with Crippen molar-refractivity contribution < 1.29 is 4.79 Å². The fourth-order valence-electron chi connectivity index (χ4n) is 3.93. The summed E-state index contributed by atoms with van der Waals surface area (Å²) in [6.45, 7) is 6.25. The van der Waals surface area contributed by atoms with Crippen LogP contribution in [0.1, 0.15) is 47.6 Å². The number of para-hydroxylation sites is 1. The monoisotopic (exact) mass is 307 g/mol. The standard InChI is InChI=1S/C19H21N3O/c1-11-8-15-18(17(23)9-11)13(3)20-19(21-15)22-12(2)10-14-6-4-5-7-16(14)22/h4-7,11-12H,8-10H2,1-3H3/t11-,12-/m0/s1. The molecule has 23 heavy (non-hydrogen) atoms. The summed E-state index contributed by atoms with van der Waals surface area (Å²) in [6, 6.07) is 8.77. The van der Waals surface area contributed by atoms with Crippen LogP contribution in [0, 0.1) is 12.8 Å². The number of benzene rings is 1. The van der Waals surface area contributed by atoms with Crippen molar-refractivity contribution in [3.05, 3.63) is 46.8 Å². The van der Waals surface area contributed by atoms with Gasteiger partial charge in [0.2, 0.25) is 5.95 Å². The lowest BCUT2D eigenvalue weighted by Gasteiger charge is -2.26. The number of hydrogen-bond acceptors (Lipinski definition) is 4. The smallest absolute Gasteiger partial charge is 0.230 e. The highest BCUT2D eigenvalue weighted by molar-refractivity contribution is 5.99. The molecule has 2 heterocycles. The molecule has 4 rings (SSSR count). The van der Waals surface area contributed by atoms with E-state index in [0.29, 0.717) is 18.4 Å². The lowest BCUT2D eigenvalue weighted by Crippen LogP contribution is -2.29. The Labute approximate surface area is 136 Å². The second-order valence-electron chi connectivity index (χ2n) is 6.92. The van der Waals surface area contributed by atoms with Gasteiger partial charge < -0.3 is 4.90 Å². The van der Waals surface area contributed by atoms with Crippen molar-refractivity contribution in [2.75, 3.05) is 4.90 Å². The van der Waals surface area contributed by atoms with Gasteiger partial charge in [-0.25, -0.2) is 9.97 Å². The first-order valence-electron chi connectivity index (χ1n) is 8.32. The van der Waals surface area contributed by atoms with Crippen molar-refractivity contribution in [1.29, 1.82) is 0 Å². The van der Waals surface area contributed by atoms with Gasteiger partial charge in [-0.2, -0.15) is 0 Å². The molecule has 2 aliphatic rings. The third-order valence-corrected chi connectivity index (χ3v) is 4.93. The van der Waals surface area contributed by atoms with E-state index in [9.17, 15) is 4.79 Å². The van der Waals surface area contributed by atoms with Gasteiger partial charge >= 0.3 is 0 Å². The predicted molar refractivity (Wildman–Crippen MR) is 90.3 cm³/mol. The third-order valence-electron chi connectivity index (χ3n) is 4.93. The van der Waals surface area contributed by atoms with Crippen LogP contribution in [-0.2, 0) is 12.8 Å². The number of carbonyl (C=O) groups is 1. The van der Waals surface area contributed by atoms with E-state index < -0.39 is 0 Å². The highest BCUT2D eigenvalue weighted by atomic mass is 16.1. The van der Waals surface area contributed by atoms with E-state index in [1.807, 2.05) is 6.92 Å². The van der Waals surface area contributed by atoms with Gasteiger partial charge in [0.1, 0.15) is 0 Å². The summed E-state index contributed by atoms with van der Waals surface area (Å²) in [5.74, 6) is 1.29. The Balaban J connectivity index is 1.84. The molecule has 0 saturated carbocycles. The van der Waals surface area contributed by atoms with Crippen molar-refractivity contribution in [3.8, 4) is 0 Å². The summed E-state index contributed by atoms with van der Waals surface area (Å²) >= 11 is 0. The summed E-state index contributed by atoms with van der Waals surface area (Å²) in [6.07, 6.45) is 2.48. The average Bonchev–Trinajstić information content (AvgIpc) is 2.81. The number of aryl methyl sites for hydroxylation is 1. The zero-order valence-electron chi connectivity index (χ0n) is 13.8. The molecule has 118 valence electrons. The van der Waals surface area contributed by atoms with E-state index >= 15 is 0 Å². The maximum atomic E-state index is 12.3. The lowest BCUT2D eigenvalue weighted by atomic mass is 9.86. The molecular weight excluding hydrogens is 286 g/mol. The SMILES string of the molecule is Cc1nc(N2c3ccccc3C[C@@H]2C)nc2c1C(=O)C[C@@H](C)C2. The van der Waals surface area contributed by atoms with Crippen LogP contribution >= 0.6 is 0 Å². The fourth-order valence-corrected chi connectivity index (χ4v) is 3.93. The van der Waals surface area contributed by atoms with Crippen molar-refractivity contribution in [2.45, 2.75) is 46.1 Å². The summed E-state index contributed by atoms with van der Waals surface area (Å²) in [5.41, 5.74) is 5.02. The largest absolute Gasteiger partial charge is 0.307 e. The Bertz CT molecular complexity index is 799. The molecule has 2 atom stereocenters. The number of ketones is 1. The highest BCUT2D eigenvalue weighted by Gasteiger charge is 2.32. The van der Waals surface area contributed by atoms with Crippen molar-refractivity contribution >= 4 is 17.4 Å². The Morgan fingerprint density at radius 2 is 1.87 bits per heavy atom. The zero-order valence-corrected chi connectivity index (χ0v) is 13.8. The molecule has 1 aromatic carbocycles. The zero-order chi connectivity index (χ0) is 16.1. The number of anilines is 2. The number of rotatable bonds is 1. The summed E-state index contributed by atoms with van der Waals surface area (Å²) in [7, 11) is 0. The van der Waals surface area contributed by atoms with Crippen LogP contribution in [0.15, 0.2) is 24.3 Å². The van der Waals surface area contributed by atoms with Crippen LogP contribution < -0.4 is 4.90 Å². The first-order valence-corrected chi connectivity index (χ1v) is 8.32. The fraction of sp³-hybridized carbons (Fsp3) is 0.421. The number of fused-ring (bicyclic) bond motifs is 2. The molecule has 4 nitrogen and oxygen atoms in total. The molecule has 1 aromatic heterocycles. The predicted octanol–water partition coefficient (Wildman–Crippen LogP) is 3.63. The molecule has 2 aromatic rings. The Morgan fingerprint density at radius 3 is 2.70 bits per heavy atom. The van der Waals surface area contributed by atoms with E-state index in [1.54, 1.807) is 0 Å². The molecule has 0 amide bonds. The Morgan fingerprint density at radius 1 is 1.09 bits per heavy atom. The minimum Gasteiger partial charge on any atom is -0.307 e. The molecule has 4 heteroatoms. The molecule has 1 aliphatic heterocycles. The van der Waals surface area contributed by atoms with E-state index in [-0.39, 0.29) is 5.78 Å². The van der Waals surface area contributed by atoms with Crippen LogP contribution in [-0.4, -0.2) is 21.8 Å². The first kappa shape index (κ1) is 14.4. The minimum atomic E-state index is 0.192. The third kappa shape index (κ3) is 2.24. The Hall–Kier alpha value is -2.23. The molecule has 0 radical (unpaired) electrons. The quantitative estimate of drug-likeness (QED) is 0.807. The van der Waals surface area contributed by atoms with Crippen molar-refractivity contribution in [3.63, 3.8) is 0 Å². The van der Waals surface area contributed by atoms with E-state index in [4.69, 9.17) is 4.98 Å². The van der Waals surface area contributed by atoms with E-state index in [1.165, 1.54) is 11.3 Å². The molecule has 0 fully saturated rings. The number of Topliss-reactive ketones (excluding diaryl/α,β-unsaturated/α-hetero) is 1. The average molecular weight is 307 g/mol. The first-order chi connectivity index (χ1) is 11.0. The number of hydrogen-bond donors (Lipinski definition) is 0. The maximum Gasteiger partial charge on any atom is 0.230 e. The van der Waals surface area contributed by atoms with Gasteiger partial charge in [0.05, 0.1) is 17.0 Å². The van der Waals surface area contributed by atoms with E-state index in [2.05, 4.69) is 48.0 Å². The van der Waals surface area contributed by atoms with Gasteiger partial charge in [0.15, 0.2) is 5.78 Å². The van der Waals surface area contributed by atoms with Gasteiger partial charge in [-0.1, -0.05) is 25.1 Å². The van der Waals surface area contributed by atoms with Gasteiger partial charge in [0.25, 0.3) is 0 Å². The number of carbonyl (C=O) groups excluding carboxylic acids is 1. The topological polar surface area (TPSA) is 46.1 Å². The number of nitrogens with zero attached hydrogens (tertiary/aromatic N) is 3. The van der Waals surface area contributed by atoms with Crippen LogP contribution in [0.4, 0.5) is 11.6 Å². The minimum absolute atomic E-state index is 0.192. The second-order valence-corrected chi connectivity index (χ2v) is 6.92. The Kier molecular flexibility index (Phi) is 3.22. The van der Waals surface area contributed by atoms with Gasteiger partial charge in [-0.15, -0.1) is 0 Å². The van der Waals surface area contributed by atoms with Gasteiger partial charge in [-0.05, 0) is 44.2 Å². The van der Waals surface area contributed by atoms with Crippen LogP contribution in [0.3, 0.4) is 0 Å². The van der Waals surface area contributed by atoms with Crippen LogP contribution in [0.2, 0.25) is 0 Å². The highest BCUT2D eigenvalue weighted by Crippen LogP contribution is 2.37. The van der Waals surface area contributed by atoms with Crippen molar-refractivity contribution in [2.24, 2.45) is 5.92 Å². The molecule has 0 spiro atoms. The van der Waals surface area contributed by atoms with E-state index in [0.717, 1.165) is 35.7 Å². The molecule has 0 bridgehead atoms. The lowest BCUT2D eigenvalue weighted by molar-refractivity contribution is 0.0951. The molecule has 0 N–H and O–H groups in total. The van der Waals surface area contributed by atoms with Gasteiger partial charge in [0, 0.05) is 18.2 Å². The van der Waals surface area contributed by atoms with Crippen LogP contribution in [0.5, 0.6) is 0 Å². The normalized spacial score (nSPS) is 22.9. The summed E-state index contributed by atoms with van der Waals surface area (Å²) < 4.78 is 0. The molecular formula is C19H21N3O. The van der Waals surface area contributed by atoms with Gasteiger partial charge in [-0.3, -0.25) is 4.79 Å². The van der Waals surface area contributed by atoms with Crippen molar-refractivity contribution in [1.82, 2.24) is 9.97 Å². The second kappa shape index (κ2) is 5.15. The van der Waals surface area contributed by atoms with Crippen LogP contribution in [0.25, 0.3) is 0 Å². The molecule has 0 unspecified atom stereocenters. The summed E-state index contributed by atoms with van der Waals surface area (Å²) in [5, 5.41) is 0. The summed E-state index contributed by atoms with van der Waals surface area (Å²) in [4.78, 5) is 24.0. The molecule has 1 aliphatic carbocycles. The number of aromatic nitrogens is 2.